The van der Waals surface area contributed by atoms with Crippen LogP contribution in [0.15, 0.2) is 47.0 Å². The monoisotopic (exact) mass is 438 g/mol. The van der Waals surface area contributed by atoms with Gasteiger partial charge in [-0.05, 0) is 70.5 Å². The molecule has 0 aliphatic rings. The summed E-state index contributed by atoms with van der Waals surface area (Å²) in [5.74, 6) is 2.30. The highest BCUT2D eigenvalue weighted by atomic mass is 16.5. The van der Waals surface area contributed by atoms with Crippen LogP contribution in [0.1, 0.15) is 59.8 Å². The Hall–Kier alpha value is -3.48. The standard InChI is InChI=1S/C25H30N2O5/c1-15(2)31-21-9-7-8-19(12-21)16(3)26-25(28)20-10-11-23(24(13-20)29-6)30-14-22-17(4)27-32-18(22)5/h7-13,15-16H,14H2,1-6H3,(H,26,28). The van der Waals surface area contributed by atoms with Crippen LogP contribution in [-0.2, 0) is 6.61 Å². The lowest BCUT2D eigenvalue weighted by atomic mass is 10.1. The van der Waals surface area contributed by atoms with Gasteiger partial charge in [-0.25, -0.2) is 0 Å². The van der Waals surface area contributed by atoms with Crippen molar-refractivity contribution in [3.63, 3.8) is 0 Å². The SMILES string of the molecule is COc1cc(C(=O)NC(C)c2cccc(OC(C)C)c2)ccc1OCc1c(C)noc1C. The molecule has 170 valence electrons. The van der Waals surface area contributed by atoms with Gasteiger partial charge in [0.1, 0.15) is 18.1 Å². The number of methoxy groups -OCH3 is 1. The van der Waals surface area contributed by atoms with Gasteiger partial charge in [-0.2, -0.15) is 0 Å². The molecule has 1 aromatic heterocycles. The molecular weight excluding hydrogens is 408 g/mol. The van der Waals surface area contributed by atoms with Gasteiger partial charge in [0.25, 0.3) is 5.91 Å². The molecule has 1 atom stereocenters. The Bertz CT molecular complexity index is 1050. The van der Waals surface area contributed by atoms with Crippen molar-refractivity contribution < 1.29 is 23.5 Å². The molecule has 1 N–H and O–H groups in total. The normalized spacial score (nSPS) is 11.8. The topological polar surface area (TPSA) is 82.8 Å². The number of hydrogen-bond donors (Lipinski definition) is 1. The summed E-state index contributed by atoms with van der Waals surface area (Å²) in [6.07, 6.45) is 0.0842. The van der Waals surface area contributed by atoms with E-state index in [0.29, 0.717) is 29.4 Å². The molecule has 0 aliphatic heterocycles. The Morgan fingerprint density at radius 3 is 2.53 bits per heavy atom. The average molecular weight is 439 g/mol. The minimum Gasteiger partial charge on any atom is -0.493 e. The van der Waals surface area contributed by atoms with E-state index in [1.807, 2.05) is 58.9 Å². The van der Waals surface area contributed by atoms with E-state index in [0.717, 1.165) is 22.6 Å². The Morgan fingerprint density at radius 2 is 1.88 bits per heavy atom. The van der Waals surface area contributed by atoms with Crippen molar-refractivity contribution in [2.75, 3.05) is 7.11 Å². The first kappa shape index (κ1) is 23.2. The van der Waals surface area contributed by atoms with Crippen molar-refractivity contribution in [1.82, 2.24) is 10.5 Å². The molecule has 7 heteroatoms. The molecule has 0 bridgehead atoms. The highest BCUT2D eigenvalue weighted by Crippen LogP contribution is 2.30. The molecule has 3 rings (SSSR count). The van der Waals surface area contributed by atoms with Crippen LogP contribution in [0.25, 0.3) is 0 Å². The zero-order valence-corrected chi connectivity index (χ0v) is 19.4. The molecule has 0 radical (unpaired) electrons. The lowest BCUT2D eigenvalue weighted by Gasteiger charge is -2.17. The summed E-state index contributed by atoms with van der Waals surface area (Å²) < 4.78 is 22.3. The first-order chi connectivity index (χ1) is 15.3. The second-order valence-corrected chi connectivity index (χ2v) is 7.89. The Labute approximate surface area is 188 Å². The summed E-state index contributed by atoms with van der Waals surface area (Å²) in [5.41, 5.74) is 3.12. The molecule has 0 fully saturated rings. The molecule has 7 nitrogen and oxygen atoms in total. The Balaban J connectivity index is 1.69. The molecule has 1 heterocycles. The average Bonchev–Trinajstić information content (AvgIpc) is 3.09. The van der Waals surface area contributed by atoms with Gasteiger partial charge in [0.2, 0.25) is 0 Å². The van der Waals surface area contributed by atoms with E-state index < -0.39 is 0 Å². The maximum Gasteiger partial charge on any atom is 0.251 e. The number of aromatic nitrogens is 1. The minimum atomic E-state index is -0.205. The predicted octanol–water partition coefficient (Wildman–Crippen LogP) is 5.16. The van der Waals surface area contributed by atoms with Gasteiger partial charge in [0, 0.05) is 5.56 Å². The largest absolute Gasteiger partial charge is 0.493 e. The van der Waals surface area contributed by atoms with Crippen molar-refractivity contribution in [3.05, 3.63) is 70.6 Å². The van der Waals surface area contributed by atoms with Gasteiger partial charge in [-0.3, -0.25) is 4.79 Å². The number of nitrogens with zero attached hydrogens (tertiary/aromatic N) is 1. The maximum absolute atomic E-state index is 12.8. The van der Waals surface area contributed by atoms with E-state index in [1.54, 1.807) is 25.3 Å². The Morgan fingerprint density at radius 1 is 1.09 bits per heavy atom. The molecular formula is C25H30N2O5. The number of hydrogen-bond acceptors (Lipinski definition) is 6. The van der Waals surface area contributed by atoms with Gasteiger partial charge in [-0.1, -0.05) is 17.3 Å². The van der Waals surface area contributed by atoms with E-state index in [2.05, 4.69) is 10.5 Å². The van der Waals surface area contributed by atoms with Crippen LogP contribution in [0.3, 0.4) is 0 Å². The van der Waals surface area contributed by atoms with E-state index >= 15 is 0 Å². The van der Waals surface area contributed by atoms with Crippen LogP contribution in [0.2, 0.25) is 0 Å². The third-order valence-electron chi connectivity index (χ3n) is 5.06. The van der Waals surface area contributed by atoms with E-state index in [-0.39, 0.29) is 18.1 Å². The van der Waals surface area contributed by atoms with Crippen molar-refractivity contribution in [2.24, 2.45) is 0 Å². The number of ether oxygens (including phenoxy) is 3. The fraction of sp³-hybridized carbons (Fsp3) is 0.360. The number of carbonyl (C=O) groups excluding carboxylic acids is 1. The smallest absolute Gasteiger partial charge is 0.251 e. The van der Waals surface area contributed by atoms with Crippen LogP contribution in [0, 0.1) is 13.8 Å². The van der Waals surface area contributed by atoms with Crippen LogP contribution in [-0.4, -0.2) is 24.3 Å². The molecule has 0 spiro atoms. The maximum atomic E-state index is 12.8. The van der Waals surface area contributed by atoms with Gasteiger partial charge in [0.15, 0.2) is 11.5 Å². The molecule has 32 heavy (non-hydrogen) atoms. The van der Waals surface area contributed by atoms with Crippen LogP contribution in [0.4, 0.5) is 0 Å². The van der Waals surface area contributed by atoms with Crippen LogP contribution in [0.5, 0.6) is 17.2 Å². The van der Waals surface area contributed by atoms with Gasteiger partial charge < -0.3 is 24.1 Å². The number of rotatable bonds is 9. The number of aryl methyl sites for hydroxylation is 2. The lowest BCUT2D eigenvalue weighted by molar-refractivity contribution is 0.0939. The van der Waals surface area contributed by atoms with Crippen molar-refractivity contribution in [2.45, 2.75) is 53.4 Å². The third-order valence-corrected chi connectivity index (χ3v) is 5.06. The highest BCUT2D eigenvalue weighted by Gasteiger charge is 2.16. The zero-order valence-electron chi connectivity index (χ0n) is 19.4. The van der Waals surface area contributed by atoms with Gasteiger partial charge >= 0.3 is 0 Å². The van der Waals surface area contributed by atoms with E-state index in [1.165, 1.54) is 0 Å². The zero-order chi connectivity index (χ0) is 23.3. The molecule has 1 amide bonds. The number of nitrogens with one attached hydrogen (secondary N) is 1. The highest BCUT2D eigenvalue weighted by molar-refractivity contribution is 5.95. The second-order valence-electron chi connectivity index (χ2n) is 7.89. The van der Waals surface area contributed by atoms with Gasteiger partial charge in [0.05, 0.1) is 30.5 Å². The molecule has 0 saturated carbocycles. The molecule has 1 unspecified atom stereocenters. The summed E-state index contributed by atoms with van der Waals surface area (Å²) >= 11 is 0. The fourth-order valence-electron chi connectivity index (χ4n) is 3.28. The molecule has 0 aliphatic carbocycles. The molecule has 0 saturated heterocycles. The molecule has 3 aromatic rings. The lowest BCUT2D eigenvalue weighted by Crippen LogP contribution is -2.26. The first-order valence-electron chi connectivity index (χ1n) is 10.6. The van der Waals surface area contributed by atoms with E-state index in [9.17, 15) is 4.79 Å². The van der Waals surface area contributed by atoms with Crippen molar-refractivity contribution in [1.29, 1.82) is 0 Å². The predicted molar refractivity (Wildman–Crippen MR) is 121 cm³/mol. The number of benzene rings is 2. The summed E-state index contributed by atoms with van der Waals surface area (Å²) in [4.78, 5) is 12.8. The minimum absolute atomic E-state index is 0.0842. The number of carbonyl (C=O) groups is 1. The Kier molecular flexibility index (Phi) is 7.41. The summed E-state index contributed by atoms with van der Waals surface area (Å²) in [7, 11) is 1.54. The first-order valence-corrected chi connectivity index (χ1v) is 10.6. The van der Waals surface area contributed by atoms with Crippen molar-refractivity contribution >= 4 is 5.91 Å². The van der Waals surface area contributed by atoms with Gasteiger partial charge in [-0.15, -0.1) is 0 Å². The number of amides is 1. The fourth-order valence-corrected chi connectivity index (χ4v) is 3.28. The van der Waals surface area contributed by atoms with Crippen LogP contribution < -0.4 is 19.5 Å². The second kappa shape index (κ2) is 10.2. The van der Waals surface area contributed by atoms with Crippen molar-refractivity contribution in [3.8, 4) is 17.2 Å². The van der Waals surface area contributed by atoms with E-state index in [4.69, 9.17) is 18.7 Å². The summed E-state index contributed by atoms with van der Waals surface area (Å²) in [6, 6.07) is 12.7. The third kappa shape index (κ3) is 5.60. The summed E-state index contributed by atoms with van der Waals surface area (Å²) in [5, 5.41) is 6.95. The molecule has 2 aromatic carbocycles. The van der Waals surface area contributed by atoms with Crippen LogP contribution >= 0.6 is 0 Å². The quantitative estimate of drug-likeness (QED) is 0.497. The summed E-state index contributed by atoms with van der Waals surface area (Å²) in [6.45, 7) is 9.90.